The number of aliphatic hydroxyl groups excluding tert-OH is 1. The van der Waals surface area contributed by atoms with Gasteiger partial charge in [-0.3, -0.25) is 5.41 Å². The summed E-state index contributed by atoms with van der Waals surface area (Å²) in [5.41, 5.74) is 8.64. The van der Waals surface area contributed by atoms with Gasteiger partial charge in [-0.2, -0.15) is 0 Å². The summed E-state index contributed by atoms with van der Waals surface area (Å²) >= 11 is 0. The molecule has 0 radical (unpaired) electrons. The lowest BCUT2D eigenvalue weighted by Gasteiger charge is -2.34. The van der Waals surface area contributed by atoms with Gasteiger partial charge in [0, 0.05) is 30.9 Å². The van der Waals surface area contributed by atoms with Gasteiger partial charge < -0.3 is 15.7 Å². The monoisotopic (exact) mass is 247 g/mol. The summed E-state index contributed by atoms with van der Waals surface area (Å²) in [5.74, 6) is 0.547. The minimum atomic E-state index is 0.123. The Kier molecular flexibility index (Phi) is 3.87. The molecule has 1 heterocycles. The maximum Gasteiger partial charge on any atom is 0.124 e. The van der Waals surface area contributed by atoms with Gasteiger partial charge in [-0.25, -0.2) is 0 Å². The van der Waals surface area contributed by atoms with Crippen molar-refractivity contribution >= 4 is 11.5 Å². The van der Waals surface area contributed by atoms with Gasteiger partial charge in [0.05, 0.1) is 0 Å². The molecular formula is C14H21N3O. The third-order valence-electron chi connectivity index (χ3n) is 3.66. The molecule has 0 saturated carbocycles. The van der Waals surface area contributed by atoms with E-state index in [1.807, 2.05) is 19.1 Å². The number of anilines is 1. The number of aryl methyl sites for hydroxylation is 1. The van der Waals surface area contributed by atoms with Crippen LogP contribution >= 0.6 is 0 Å². The van der Waals surface area contributed by atoms with Crippen molar-refractivity contribution < 1.29 is 5.11 Å². The van der Waals surface area contributed by atoms with E-state index in [-0.39, 0.29) is 12.4 Å². The molecule has 1 fully saturated rings. The highest BCUT2D eigenvalue weighted by Crippen LogP contribution is 2.26. The summed E-state index contributed by atoms with van der Waals surface area (Å²) in [7, 11) is 0. The summed E-state index contributed by atoms with van der Waals surface area (Å²) < 4.78 is 0. The molecule has 1 saturated heterocycles. The van der Waals surface area contributed by atoms with E-state index in [4.69, 9.17) is 16.2 Å². The zero-order valence-corrected chi connectivity index (χ0v) is 10.8. The molecule has 2 rings (SSSR count). The van der Waals surface area contributed by atoms with Gasteiger partial charge in [-0.05, 0) is 37.8 Å². The number of nitrogens with two attached hydrogens (primary N) is 1. The summed E-state index contributed by atoms with van der Waals surface area (Å²) in [6, 6.07) is 6.07. The Balaban J connectivity index is 2.21. The average molecular weight is 247 g/mol. The first-order valence-corrected chi connectivity index (χ1v) is 6.42. The zero-order valence-electron chi connectivity index (χ0n) is 10.8. The maximum absolute atomic E-state index is 9.15. The standard InChI is InChI=1S/C14H21N3O/c1-10-2-3-13(12(8-10)14(15)16)17-6-4-11(9-18)5-7-17/h2-3,8,11,18H,4-7,9H2,1H3,(H3,15,16). The zero-order chi connectivity index (χ0) is 13.1. The Labute approximate surface area is 108 Å². The molecule has 0 spiro atoms. The molecular weight excluding hydrogens is 226 g/mol. The molecule has 0 atom stereocenters. The van der Waals surface area contributed by atoms with Crippen molar-refractivity contribution in [1.29, 1.82) is 5.41 Å². The molecule has 1 aliphatic rings. The smallest absolute Gasteiger partial charge is 0.124 e. The number of aliphatic hydroxyl groups is 1. The molecule has 18 heavy (non-hydrogen) atoms. The van der Waals surface area contributed by atoms with Crippen molar-refractivity contribution in [1.82, 2.24) is 0 Å². The number of amidine groups is 1. The Hall–Kier alpha value is -1.55. The van der Waals surface area contributed by atoms with E-state index < -0.39 is 0 Å². The van der Waals surface area contributed by atoms with Crippen LogP contribution in [0.2, 0.25) is 0 Å². The summed E-state index contributed by atoms with van der Waals surface area (Å²) in [6.45, 7) is 4.14. The largest absolute Gasteiger partial charge is 0.396 e. The Morgan fingerprint density at radius 1 is 1.44 bits per heavy atom. The first-order chi connectivity index (χ1) is 8.61. The highest BCUT2D eigenvalue weighted by molar-refractivity contribution is 6.00. The highest BCUT2D eigenvalue weighted by atomic mass is 16.3. The highest BCUT2D eigenvalue weighted by Gasteiger charge is 2.21. The molecule has 1 aromatic carbocycles. The van der Waals surface area contributed by atoms with Crippen molar-refractivity contribution in [3.63, 3.8) is 0 Å². The first-order valence-electron chi connectivity index (χ1n) is 6.42. The van der Waals surface area contributed by atoms with Crippen molar-refractivity contribution in [2.45, 2.75) is 19.8 Å². The maximum atomic E-state index is 9.15. The average Bonchev–Trinajstić information content (AvgIpc) is 2.39. The number of hydrogen-bond donors (Lipinski definition) is 3. The second kappa shape index (κ2) is 5.40. The Morgan fingerprint density at radius 3 is 2.67 bits per heavy atom. The fraction of sp³-hybridized carbons (Fsp3) is 0.500. The molecule has 1 aromatic rings. The van der Waals surface area contributed by atoms with Crippen molar-refractivity contribution in [2.75, 3.05) is 24.6 Å². The van der Waals surface area contributed by atoms with E-state index in [1.165, 1.54) is 0 Å². The van der Waals surface area contributed by atoms with E-state index in [1.54, 1.807) is 0 Å². The van der Waals surface area contributed by atoms with Crippen LogP contribution in [0.4, 0.5) is 5.69 Å². The van der Waals surface area contributed by atoms with Gasteiger partial charge in [0.25, 0.3) is 0 Å². The molecule has 0 aliphatic carbocycles. The van der Waals surface area contributed by atoms with E-state index >= 15 is 0 Å². The van der Waals surface area contributed by atoms with Crippen LogP contribution in [0.15, 0.2) is 18.2 Å². The lowest BCUT2D eigenvalue weighted by atomic mass is 9.96. The summed E-state index contributed by atoms with van der Waals surface area (Å²) in [6.07, 6.45) is 2.00. The molecule has 0 aromatic heterocycles. The van der Waals surface area contributed by atoms with Gasteiger partial charge in [0.1, 0.15) is 5.84 Å². The van der Waals surface area contributed by atoms with Gasteiger partial charge in [-0.1, -0.05) is 11.6 Å². The summed E-state index contributed by atoms with van der Waals surface area (Å²) in [5, 5.41) is 16.8. The number of nitrogens with zero attached hydrogens (tertiary/aromatic N) is 1. The van der Waals surface area contributed by atoms with E-state index in [0.717, 1.165) is 42.7 Å². The van der Waals surface area contributed by atoms with Crippen molar-refractivity contribution in [3.8, 4) is 0 Å². The van der Waals surface area contributed by atoms with Gasteiger partial charge in [0.15, 0.2) is 0 Å². The quantitative estimate of drug-likeness (QED) is 0.559. The second-order valence-corrected chi connectivity index (χ2v) is 5.05. The molecule has 4 heteroatoms. The Bertz CT molecular complexity index is 437. The fourth-order valence-electron chi connectivity index (χ4n) is 2.50. The summed E-state index contributed by atoms with van der Waals surface area (Å²) in [4.78, 5) is 2.27. The predicted molar refractivity (Wildman–Crippen MR) is 74.2 cm³/mol. The predicted octanol–water partition coefficient (Wildman–Crippen LogP) is 1.49. The van der Waals surface area contributed by atoms with Gasteiger partial charge in [0.2, 0.25) is 0 Å². The van der Waals surface area contributed by atoms with E-state index in [2.05, 4.69) is 11.0 Å². The number of piperidine rings is 1. The number of rotatable bonds is 3. The van der Waals surface area contributed by atoms with Crippen LogP contribution in [-0.4, -0.2) is 30.6 Å². The minimum absolute atomic E-state index is 0.123. The van der Waals surface area contributed by atoms with Crippen molar-refractivity contribution in [2.24, 2.45) is 11.7 Å². The number of hydrogen-bond acceptors (Lipinski definition) is 3. The van der Waals surface area contributed by atoms with Gasteiger partial charge >= 0.3 is 0 Å². The normalized spacial score (nSPS) is 16.9. The number of nitrogen functional groups attached to an aromatic ring is 1. The molecule has 98 valence electrons. The van der Waals surface area contributed by atoms with E-state index in [0.29, 0.717) is 5.92 Å². The lowest BCUT2D eigenvalue weighted by Crippen LogP contribution is -2.36. The molecule has 4 nitrogen and oxygen atoms in total. The molecule has 0 bridgehead atoms. The van der Waals surface area contributed by atoms with Gasteiger partial charge in [-0.15, -0.1) is 0 Å². The van der Waals surface area contributed by atoms with Crippen LogP contribution in [0.1, 0.15) is 24.0 Å². The van der Waals surface area contributed by atoms with Crippen LogP contribution in [0, 0.1) is 18.3 Å². The van der Waals surface area contributed by atoms with E-state index in [9.17, 15) is 0 Å². The first kappa shape index (κ1) is 12.9. The number of benzene rings is 1. The topological polar surface area (TPSA) is 73.3 Å². The lowest BCUT2D eigenvalue weighted by molar-refractivity contribution is 0.203. The van der Waals surface area contributed by atoms with Crippen LogP contribution < -0.4 is 10.6 Å². The molecule has 0 unspecified atom stereocenters. The third kappa shape index (κ3) is 2.64. The molecule has 1 aliphatic heterocycles. The Morgan fingerprint density at radius 2 is 2.11 bits per heavy atom. The molecule has 0 amide bonds. The fourth-order valence-corrected chi connectivity index (χ4v) is 2.50. The van der Waals surface area contributed by atoms with Crippen molar-refractivity contribution in [3.05, 3.63) is 29.3 Å². The van der Waals surface area contributed by atoms with Crippen LogP contribution in [0.25, 0.3) is 0 Å². The second-order valence-electron chi connectivity index (χ2n) is 5.05. The molecule has 4 N–H and O–H groups in total. The van der Waals surface area contributed by atoms with Crippen LogP contribution in [-0.2, 0) is 0 Å². The van der Waals surface area contributed by atoms with Crippen LogP contribution in [0.5, 0.6) is 0 Å². The number of nitrogens with one attached hydrogen (secondary N) is 1. The van der Waals surface area contributed by atoms with Crippen LogP contribution in [0.3, 0.4) is 0 Å². The minimum Gasteiger partial charge on any atom is -0.396 e. The SMILES string of the molecule is Cc1ccc(N2CCC(CO)CC2)c(C(=N)N)c1. The third-order valence-corrected chi connectivity index (χ3v) is 3.66.